The van der Waals surface area contributed by atoms with E-state index >= 15 is 0 Å². The summed E-state index contributed by atoms with van der Waals surface area (Å²) in [6.07, 6.45) is -0.578. The van der Waals surface area contributed by atoms with Crippen molar-refractivity contribution in [3.05, 3.63) is 23.3 Å². The third-order valence-electron chi connectivity index (χ3n) is 2.05. The van der Waals surface area contributed by atoms with Crippen LogP contribution in [0.3, 0.4) is 0 Å². The summed E-state index contributed by atoms with van der Waals surface area (Å²) in [5.74, 6) is 0.569. The molecule has 5 nitrogen and oxygen atoms in total. The van der Waals surface area contributed by atoms with Crippen LogP contribution in [0.2, 0.25) is 0 Å². The molecule has 0 aliphatic carbocycles. The van der Waals surface area contributed by atoms with Crippen LogP contribution in [0.4, 0.5) is 0 Å². The average Bonchev–Trinajstić information content (AvgIpc) is 2.15. The van der Waals surface area contributed by atoms with E-state index in [1.54, 1.807) is 26.8 Å². The van der Waals surface area contributed by atoms with E-state index in [0.717, 1.165) is 5.69 Å². The molecule has 0 radical (unpaired) electrons. The third kappa shape index (κ3) is 3.53. The zero-order valence-corrected chi connectivity index (χ0v) is 10.7. The minimum absolute atomic E-state index is 0.0413. The molecule has 16 heavy (non-hydrogen) atoms. The molecule has 1 aromatic heterocycles. The highest BCUT2D eigenvalue weighted by Gasteiger charge is 2.17. The van der Waals surface area contributed by atoms with Gasteiger partial charge in [0.25, 0.3) is 10.1 Å². The van der Waals surface area contributed by atoms with E-state index in [-0.39, 0.29) is 5.75 Å². The standard InChI is InChI=1S/C10H16N2O3S/c1-5-16(13,14)15-8(3)10-6-7(2)11-9(4)12-10/h6,8H,5H2,1-4H3. The quantitative estimate of drug-likeness (QED) is 0.751. The van der Waals surface area contributed by atoms with Crippen molar-refractivity contribution in [1.82, 2.24) is 9.97 Å². The molecule has 1 atom stereocenters. The van der Waals surface area contributed by atoms with E-state index in [2.05, 4.69) is 9.97 Å². The van der Waals surface area contributed by atoms with Gasteiger partial charge < -0.3 is 0 Å². The van der Waals surface area contributed by atoms with Gasteiger partial charge in [0.15, 0.2) is 0 Å². The predicted octanol–water partition coefficient (Wildman–Crippen LogP) is 1.52. The summed E-state index contributed by atoms with van der Waals surface area (Å²) in [6.45, 7) is 6.80. The van der Waals surface area contributed by atoms with Crippen molar-refractivity contribution < 1.29 is 12.6 Å². The predicted molar refractivity (Wildman–Crippen MR) is 60.5 cm³/mol. The fraction of sp³-hybridized carbons (Fsp3) is 0.600. The van der Waals surface area contributed by atoms with Gasteiger partial charge in [-0.2, -0.15) is 8.42 Å². The van der Waals surface area contributed by atoms with Crippen LogP contribution in [-0.2, 0) is 14.3 Å². The Hall–Kier alpha value is -1.01. The molecule has 0 fully saturated rings. The van der Waals surface area contributed by atoms with Crippen LogP contribution in [0.1, 0.15) is 37.2 Å². The van der Waals surface area contributed by atoms with E-state index in [1.807, 2.05) is 6.92 Å². The maximum absolute atomic E-state index is 11.3. The van der Waals surface area contributed by atoms with Crippen LogP contribution in [0, 0.1) is 13.8 Å². The van der Waals surface area contributed by atoms with E-state index in [1.165, 1.54) is 0 Å². The molecule has 0 aromatic carbocycles. The fourth-order valence-electron chi connectivity index (χ4n) is 1.29. The number of aromatic nitrogens is 2. The van der Waals surface area contributed by atoms with Gasteiger partial charge in [0.05, 0.1) is 11.4 Å². The molecule has 0 aliphatic rings. The Bertz CT molecular complexity index is 451. The van der Waals surface area contributed by atoms with Crippen molar-refractivity contribution >= 4 is 10.1 Å². The molecule has 0 bridgehead atoms. The van der Waals surface area contributed by atoms with Gasteiger partial charge in [-0.25, -0.2) is 9.97 Å². The summed E-state index contributed by atoms with van der Waals surface area (Å²) in [5.41, 5.74) is 1.38. The molecule has 6 heteroatoms. The first-order valence-corrected chi connectivity index (χ1v) is 6.65. The summed E-state index contributed by atoms with van der Waals surface area (Å²) in [6, 6.07) is 1.73. The lowest BCUT2D eigenvalue weighted by molar-refractivity contribution is 0.229. The lowest BCUT2D eigenvalue weighted by atomic mass is 10.2. The molecule has 0 spiro atoms. The van der Waals surface area contributed by atoms with Crippen LogP contribution in [0.5, 0.6) is 0 Å². The number of nitrogens with zero attached hydrogens (tertiary/aromatic N) is 2. The molecule has 90 valence electrons. The van der Waals surface area contributed by atoms with Gasteiger partial charge in [-0.1, -0.05) is 0 Å². The number of hydrogen-bond acceptors (Lipinski definition) is 5. The molecule has 0 saturated heterocycles. The SMILES string of the molecule is CCS(=O)(=O)OC(C)c1cc(C)nc(C)n1. The average molecular weight is 244 g/mol. The zero-order valence-electron chi connectivity index (χ0n) is 9.89. The first-order valence-electron chi connectivity index (χ1n) is 5.07. The minimum Gasteiger partial charge on any atom is -0.261 e. The summed E-state index contributed by atoms with van der Waals surface area (Å²) < 4.78 is 27.5. The van der Waals surface area contributed by atoms with Gasteiger partial charge in [0, 0.05) is 5.69 Å². The van der Waals surface area contributed by atoms with Crippen molar-refractivity contribution in [2.24, 2.45) is 0 Å². The molecular weight excluding hydrogens is 228 g/mol. The van der Waals surface area contributed by atoms with E-state index in [0.29, 0.717) is 11.5 Å². The van der Waals surface area contributed by atoms with Gasteiger partial charge >= 0.3 is 0 Å². The highest BCUT2D eigenvalue weighted by Crippen LogP contribution is 2.17. The highest BCUT2D eigenvalue weighted by atomic mass is 32.2. The van der Waals surface area contributed by atoms with Crippen molar-refractivity contribution in [2.75, 3.05) is 5.75 Å². The number of rotatable bonds is 4. The van der Waals surface area contributed by atoms with Crippen molar-refractivity contribution in [3.63, 3.8) is 0 Å². The van der Waals surface area contributed by atoms with Crippen LogP contribution < -0.4 is 0 Å². The number of hydrogen-bond donors (Lipinski definition) is 0. The van der Waals surface area contributed by atoms with Gasteiger partial charge in [0.1, 0.15) is 11.9 Å². The minimum atomic E-state index is -3.45. The molecule has 0 N–H and O–H groups in total. The molecular formula is C10H16N2O3S. The van der Waals surface area contributed by atoms with Gasteiger partial charge in [-0.05, 0) is 33.8 Å². The second kappa shape index (κ2) is 4.88. The Labute approximate surface area is 96.0 Å². The van der Waals surface area contributed by atoms with Crippen molar-refractivity contribution in [1.29, 1.82) is 0 Å². The topological polar surface area (TPSA) is 69.2 Å². The lowest BCUT2D eigenvalue weighted by Crippen LogP contribution is -2.13. The first-order chi connectivity index (χ1) is 7.34. The summed E-state index contributed by atoms with van der Waals surface area (Å²) in [7, 11) is -3.45. The Kier molecular flexibility index (Phi) is 3.98. The maximum Gasteiger partial charge on any atom is 0.267 e. The van der Waals surface area contributed by atoms with E-state index < -0.39 is 16.2 Å². The highest BCUT2D eigenvalue weighted by molar-refractivity contribution is 7.86. The largest absolute Gasteiger partial charge is 0.267 e. The Morgan fingerprint density at radius 1 is 1.38 bits per heavy atom. The van der Waals surface area contributed by atoms with Gasteiger partial charge in [0.2, 0.25) is 0 Å². The molecule has 1 unspecified atom stereocenters. The Morgan fingerprint density at radius 3 is 2.50 bits per heavy atom. The third-order valence-corrected chi connectivity index (χ3v) is 3.34. The van der Waals surface area contributed by atoms with Crippen LogP contribution in [0.25, 0.3) is 0 Å². The second-order valence-corrected chi connectivity index (χ2v) is 5.45. The second-order valence-electron chi connectivity index (χ2n) is 3.57. The number of aryl methyl sites for hydroxylation is 2. The van der Waals surface area contributed by atoms with Crippen LogP contribution in [-0.4, -0.2) is 24.1 Å². The smallest absolute Gasteiger partial charge is 0.261 e. The molecule has 1 aromatic rings. The summed E-state index contributed by atoms with van der Waals surface area (Å²) in [4.78, 5) is 8.27. The van der Waals surface area contributed by atoms with Gasteiger partial charge in [-0.15, -0.1) is 0 Å². The monoisotopic (exact) mass is 244 g/mol. The Balaban J connectivity index is 2.93. The first kappa shape index (κ1) is 13.1. The van der Waals surface area contributed by atoms with Crippen molar-refractivity contribution in [2.45, 2.75) is 33.8 Å². The molecule has 0 amide bonds. The summed E-state index contributed by atoms with van der Waals surface area (Å²) in [5, 5.41) is 0. The molecule has 0 aliphatic heterocycles. The fourth-order valence-corrected chi connectivity index (χ4v) is 1.97. The zero-order chi connectivity index (χ0) is 12.3. The normalized spacial score (nSPS) is 13.8. The van der Waals surface area contributed by atoms with Crippen LogP contribution >= 0.6 is 0 Å². The maximum atomic E-state index is 11.3. The van der Waals surface area contributed by atoms with E-state index in [9.17, 15) is 8.42 Å². The van der Waals surface area contributed by atoms with Crippen LogP contribution in [0.15, 0.2) is 6.07 Å². The molecule has 1 rings (SSSR count). The molecule has 1 heterocycles. The Morgan fingerprint density at radius 2 is 2.00 bits per heavy atom. The van der Waals surface area contributed by atoms with Crippen molar-refractivity contribution in [3.8, 4) is 0 Å². The lowest BCUT2D eigenvalue weighted by Gasteiger charge is -2.12. The summed E-state index contributed by atoms with van der Waals surface area (Å²) >= 11 is 0. The molecule has 0 saturated carbocycles. The van der Waals surface area contributed by atoms with E-state index in [4.69, 9.17) is 4.18 Å². The van der Waals surface area contributed by atoms with Gasteiger partial charge in [-0.3, -0.25) is 4.18 Å².